The fourth-order valence-corrected chi connectivity index (χ4v) is 2.31. The average molecular weight is 304 g/mol. The molecule has 5 nitrogen and oxygen atoms in total. The number of nitrogens with zero attached hydrogens (tertiary/aromatic N) is 2. The van der Waals surface area contributed by atoms with Crippen LogP contribution in [-0.2, 0) is 24.2 Å². The van der Waals surface area contributed by atoms with E-state index < -0.39 is 0 Å². The highest BCUT2D eigenvalue weighted by Crippen LogP contribution is 2.10. The van der Waals surface area contributed by atoms with Gasteiger partial charge in [-0.2, -0.15) is 5.10 Å². The number of aromatic nitrogens is 3. The molecule has 21 heavy (non-hydrogen) atoms. The summed E-state index contributed by atoms with van der Waals surface area (Å²) in [6.45, 7) is 4.35. The summed E-state index contributed by atoms with van der Waals surface area (Å²) in [6.07, 6.45) is 2.74. The number of carbonyl (C=O) groups is 1. The molecule has 0 unspecified atom stereocenters. The zero-order valence-electron chi connectivity index (χ0n) is 12.3. The van der Waals surface area contributed by atoms with Crippen molar-refractivity contribution in [2.45, 2.75) is 39.7 Å². The Kier molecular flexibility index (Phi) is 5.27. The summed E-state index contributed by atoms with van der Waals surface area (Å²) in [5, 5.41) is 9.78. The number of anilines is 1. The molecule has 2 rings (SSSR count). The molecule has 6 heteroatoms. The van der Waals surface area contributed by atoms with Crippen molar-refractivity contribution >= 4 is 23.8 Å². The predicted octanol–water partition coefficient (Wildman–Crippen LogP) is 3.09. The van der Waals surface area contributed by atoms with E-state index in [1.165, 1.54) is 5.56 Å². The molecule has 1 amide bonds. The smallest absolute Gasteiger partial charge is 0.244 e. The number of aryl methyl sites for hydroxylation is 2. The third-order valence-corrected chi connectivity index (χ3v) is 3.57. The van der Waals surface area contributed by atoms with Gasteiger partial charge in [0, 0.05) is 12.1 Å². The first-order valence-electron chi connectivity index (χ1n) is 7.17. The molecule has 0 saturated heterocycles. The third kappa shape index (κ3) is 4.01. The average Bonchev–Trinajstić information content (AvgIpc) is 2.81. The molecule has 1 heterocycles. The molecule has 0 radical (unpaired) electrons. The van der Waals surface area contributed by atoms with Crippen LogP contribution in [0.3, 0.4) is 0 Å². The van der Waals surface area contributed by atoms with Crippen LogP contribution in [0, 0.1) is 4.77 Å². The van der Waals surface area contributed by atoms with E-state index in [4.69, 9.17) is 12.2 Å². The SMILES string of the molecule is CCCc1n[nH]c(=S)n1CC(=O)Nc1ccc(CC)cc1. The van der Waals surface area contributed by atoms with Crippen molar-refractivity contribution in [1.82, 2.24) is 14.8 Å². The molecule has 0 atom stereocenters. The summed E-state index contributed by atoms with van der Waals surface area (Å²) >= 11 is 5.17. The first kappa shape index (κ1) is 15.4. The molecule has 1 aromatic heterocycles. The van der Waals surface area contributed by atoms with E-state index in [-0.39, 0.29) is 12.5 Å². The van der Waals surface area contributed by atoms with E-state index >= 15 is 0 Å². The van der Waals surface area contributed by atoms with Crippen LogP contribution in [0.2, 0.25) is 0 Å². The normalized spacial score (nSPS) is 10.6. The van der Waals surface area contributed by atoms with Gasteiger partial charge in [-0.25, -0.2) is 0 Å². The Balaban J connectivity index is 2.04. The van der Waals surface area contributed by atoms with Crippen LogP contribution >= 0.6 is 12.2 Å². The number of amides is 1. The molecule has 0 aliphatic carbocycles. The molecule has 0 fully saturated rings. The monoisotopic (exact) mass is 304 g/mol. The molecule has 1 aromatic carbocycles. The Hall–Kier alpha value is -1.95. The van der Waals surface area contributed by atoms with Crippen molar-refractivity contribution in [2.24, 2.45) is 0 Å². The summed E-state index contributed by atoms with van der Waals surface area (Å²) in [4.78, 5) is 12.1. The highest BCUT2D eigenvalue weighted by molar-refractivity contribution is 7.71. The highest BCUT2D eigenvalue weighted by Gasteiger charge is 2.10. The van der Waals surface area contributed by atoms with Gasteiger partial charge in [0.15, 0.2) is 4.77 Å². The van der Waals surface area contributed by atoms with Gasteiger partial charge in [-0.05, 0) is 42.8 Å². The second-order valence-corrected chi connectivity index (χ2v) is 5.27. The van der Waals surface area contributed by atoms with Crippen LogP contribution in [0.25, 0.3) is 0 Å². The molecule has 0 aliphatic rings. The zero-order chi connectivity index (χ0) is 15.2. The molecule has 0 spiro atoms. The first-order chi connectivity index (χ1) is 10.1. The predicted molar refractivity (Wildman–Crippen MR) is 85.9 cm³/mol. The minimum Gasteiger partial charge on any atom is -0.325 e. The minimum absolute atomic E-state index is 0.103. The Morgan fingerprint density at radius 3 is 2.67 bits per heavy atom. The maximum atomic E-state index is 12.1. The van der Waals surface area contributed by atoms with Crippen LogP contribution in [0.15, 0.2) is 24.3 Å². The van der Waals surface area contributed by atoms with E-state index in [9.17, 15) is 4.79 Å². The second-order valence-electron chi connectivity index (χ2n) is 4.88. The van der Waals surface area contributed by atoms with Gasteiger partial charge in [-0.3, -0.25) is 14.5 Å². The molecule has 2 aromatic rings. The maximum absolute atomic E-state index is 12.1. The van der Waals surface area contributed by atoms with Crippen LogP contribution in [0.5, 0.6) is 0 Å². The lowest BCUT2D eigenvalue weighted by molar-refractivity contribution is -0.116. The number of rotatable bonds is 6. The largest absolute Gasteiger partial charge is 0.325 e. The van der Waals surface area contributed by atoms with Gasteiger partial charge in [0.1, 0.15) is 12.4 Å². The lowest BCUT2D eigenvalue weighted by atomic mass is 10.1. The van der Waals surface area contributed by atoms with Gasteiger partial charge < -0.3 is 5.32 Å². The molecule has 0 bridgehead atoms. The van der Waals surface area contributed by atoms with Crippen molar-refractivity contribution in [3.05, 3.63) is 40.4 Å². The Morgan fingerprint density at radius 1 is 1.33 bits per heavy atom. The number of hydrogen-bond donors (Lipinski definition) is 2. The summed E-state index contributed by atoms with van der Waals surface area (Å²) in [5.74, 6) is 0.716. The van der Waals surface area contributed by atoms with E-state index in [1.54, 1.807) is 4.57 Å². The third-order valence-electron chi connectivity index (χ3n) is 3.26. The van der Waals surface area contributed by atoms with Crippen molar-refractivity contribution in [2.75, 3.05) is 5.32 Å². The Morgan fingerprint density at radius 2 is 2.05 bits per heavy atom. The van der Waals surface area contributed by atoms with Crippen molar-refractivity contribution in [3.63, 3.8) is 0 Å². The highest BCUT2D eigenvalue weighted by atomic mass is 32.1. The number of H-pyrrole nitrogens is 1. The first-order valence-corrected chi connectivity index (χ1v) is 7.57. The molecule has 0 saturated carbocycles. The van der Waals surface area contributed by atoms with Gasteiger partial charge in [-0.15, -0.1) is 0 Å². The van der Waals surface area contributed by atoms with Gasteiger partial charge >= 0.3 is 0 Å². The standard InChI is InChI=1S/C15H20N4OS/c1-3-5-13-17-18-15(21)19(13)10-14(20)16-12-8-6-11(4-2)7-9-12/h6-9H,3-5,10H2,1-2H3,(H,16,20)(H,18,21). The minimum atomic E-state index is -0.103. The fraction of sp³-hybridized carbons (Fsp3) is 0.400. The van der Waals surface area contributed by atoms with E-state index in [0.717, 1.165) is 30.8 Å². The number of aromatic amines is 1. The van der Waals surface area contributed by atoms with Crippen LogP contribution < -0.4 is 5.32 Å². The summed E-state index contributed by atoms with van der Waals surface area (Å²) < 4.78 is 2.23. The molecule has 2 N–H and O–H groups in total. The van der Waals surface area contributed by atoms with Crippen LogP contribution in [0.1, 0.15) is 31.7 Å². The van der Waals surface area contributed by atoms with Crippen LogP contribution in [-0.4, -0.2) is 20.7 Å². The van der Waals surface area contributed by atoms with Crippen molar-refractivity contribution in [3.8, 4) is 0 Å². The quantitative estimate of drug-likeness (QED) is 0.806. The summed E-state index contributed by atoms with van der Waals surface area (Å²) in [6, 6.07) is 7.86. The lowest BCUT2D eigenvalue weighted by Crippen LogP contribution is -2.20. The topological polar surface area (TPSA) is 62.7 Å². The lowest BCUT2D eigenvalue weighted by Gasteiger charge is -2.08. The summed E-state index contributed by atoms with van der Waals surface area (Å²) in [7, 11) is 0. The number of benzene rings is 1. The Bertz CT molecular complexity index is 657. The van der Waals surface area contributed by atoms with Gasteiger partial charge in [-0.1, -0.05) is 26.0 Å². The number of nitrogens with one attached hydrogen (secondary N) is 2. The molecular weight excluding hydrogens is 284 g/mol. The van der Waals surface area contributed by atoms with E-state index in [0.29, 0.717) is 4.77 Å². The fourth-order valence-electron chi connectivity index (χ4n) is 2.10. The van der Waals surface area contributed by atoms with Crippen LogP contribution in [0.4, 0.5) is 5.69 Å². The molecular formula is C15H20N4OS. The maximum Gasteiger partial charge on any atom is 0.244 e. The van der Waals surface area contributed by atoms with E-state index in [1.807, 2.05) is 24.3 Å². The van der Waals surface area contributed by atoms with Gasteiger partial charge in [0.25, 0.3) is 0 Å². The van der Waals surface area contributed by atoms with Gasteiger partial charge in [0.2, 0.25) is 5.91 Å². The molecule has 112 valence electrons. The second kappa shape index (κ2) is 7.17. The number of hydrogen-bond acceptors (Lipinski definition) is 3. The molecule has 0 aliphatic heterocycles. The zero-order valence-corrected chi connectivity index (χ0v) is 13.2. The van der Waals surface area contributed by atoms with Gasteiger partial charge in [0.05, 0.1) is 0 Å². The number of carbonyl (C=O) groups excluding carboxylic acids is 1. The van der Waals surface area contributed by atoms with Crippen molar-refractivity contribution < 1.29 is 4.79 Å². The summed E-state index contributed by atoms with van der Waals surface area (Å²) in [5.41, 5.74) is 2.04. The van der Waals surface area contributed by atoms with Crippen molar-refractivity contribution in [1.29, 1.82) is 0 Å². The van der Waals surface area contributed by atoms with E-state index in [2.05, 4.69) is 29.4 Å². The Labute approximate surface area is 129 Å².